The predicted molar refractivity (Wildman–Crippen MR) is 324 cm³/mol. The third kappa shape index (κ3) is 45.3. The molecule has 1 aliphatic rings. The highest BCUT2D eigenvalue weighted by Crippen LogP contribution is 2.23. The standard InChI is InChI=1S/C67H123NO10/c1-3-5-7-9-11-13-14-15-16-17-26-29-32-35-39-43-47-51-55-63(72)76-56-52-48-44-40-36-33-30-27-24-22-20-18-19-21-23-25-28-31-34-38-42-46-50-54-62(71)68-59(60(70)53-49-45-41-37-12-10-8-6-4-2)58-77-67-66(75)65(74)64(73)61(57-69)78-67/h16-18,20-21,23,49,53,59-61,64-67,69-70,73-75H,3-15,19,22,24-48,50-52,54-58H2,1-2H3,(H,68,71)/b17-16-,20-18-,23-21-,53-49+. The van der Waals surface area contributed by atoms with Gasteiger partial charge in [0, 0.05) is 12.8 Å². The van der Waals surface area contributed by atoms with Crippen LogP contribution in [0.3, 0.4) is 0 Å². The van der Waals surface area contributed by atoms with Crippen molar-refractivity contribution >= 4 is 11.9 Å². The lowest BCUT2D eigenvalue weighted by atomic mass is 9.99. The minimum Gasteiger partial charge on any atom is -0.466 e. The summed E-state index contributed by atoms with van der Waals surface area (Å²) in [6.07, 6.45) is 62.4. The summed E-state index contributed by atoms with van der Waals surface area (Å²) in [7, 11) is 0. The van der Waals surface area contributed by atoms with Gasteiger partial charge in [-0.2, -0.15) is 0 Å². The Kier molecular flexibility index (Phi) is 53.3. The smallest absolute Gasteiger partial charge is 0.305 e. The second kappa shape index (κ2) is 56.5. The lowest BCUT2D eigenvalue weighted by molar-refractivity contribution is -0.302. The van der Waals surface area contributed by atoms with Crippen LogP contribution in [0.5, 0.6) is 0 Å². The normalized spacial score (nSPS) is 18.8. The fourth-order valence-electron chi connectivity index (χ4n) is 10.2. The fourth-order valence-corrected chi connectivity index (χ4v) is 10.2. The average Bonchev–Trinajstić information content (AvgIpc) is 3.44. The molecule has 7 unspecified atom stereocenters. The number of carbonyl (C=O) groups is 2. The molecule has 1 rings (SSSR count). The Balaban J connectivity index is 1.98. The van der Waals surface area contributed by atoms with Gasteiger partial charge in [-0.3, -0.25) is 9.59 Å². The van der Waals surface area contributed by atoms with Gasteiger partial charge in [-0.05, 0) is 89.9 Å². The monoisotopic (exact) mass is 1100 g/mol. The molecule has 0 radical (unpaired) electrons. The van der Waals surface area contributed by atoms with Crippen molar-refractivity contribution < 1.29 is 49.3 Å². The first-order valence-electron chi connectivity index (χ1n) is 32.9. The minimum atomic E-state index is -1.57. The highest BCUT2D eigenvalue weighted by molar-refractivity contribution is 5.76. The first-order valence-corrected chi connectivity index (χ1v) is 32.9. The van der Waals surface area contributed by atoms with Crippen LogP contribution in [0.15, 0.2) is 48.6 Å². The summed E-state index contributed by atoms with van der Waals surface area (Å²) in [6, 6.07) is -0.817. The van der Waals surface area contributed by atoms with Gasteiger partial charge in [-0.15, -0.1) is 0 Å². The molecule has 7 atom stereocenters. The molecule has 78 heavy (non-hydrogen) atoms. The van der Waals surface area contributed by atoms with Gasteiger partial charge in [0.1, 0.15) is 24.4 Å². The molecule has 6 N–H and O–H groups in total. The molecule has 0 bridgehead atoms. The molecule has 0 spiro atoms. The highest BCUT2D eigenvalue weighted by Gasteiger charge is 2.44. The molecule has 1 fully saturated rings. The zero-order chi connectivity index (χ0) is 56.6. The molecule has 1 amide bonds. The Hall–Kier alpha value is -2.38. The van der Waals surface area contributed by atoms with Gasteiger partial charge in [0.25, 0.3) is 0 Å². The number of aliphatic hydroxyl groups is 5. The van der Waals surface area contributed by atoms with Crippen LogP contribution in [-0.4, -0.2) is 100 Å². The Bertz CT molecular complexity index is 1430. The Labute approximate surface area is 478 Å². The molecule has 1 heterocycles. The molecule has 0 saturated carbocycles. The van der Waals surface area contributed by atoms with E-state index in [-0.39, 0.29) is 18.5 Å². The second-order valence-corrected chi connectivity index (χ2v) is 22.8. The lowest BCUT2D eigenvalue weighted by Crippen LogP contribution is -2.60. The van der Waals surface area contributed by atoms with E-state index in [4.69, 9.17) is 14.2 Å². The van der Waals surface area contributed by atoms with E-state index >= 15 is 0 Å². The van der Waals surface area contributed by atoms with Gasteiger partial charge in [-0.25, -0.2) is 0 Å². The van der Waals surface area contributed by atoms with Crippen molar-refractivity contribution in [3.05, 3.63) is 48.6 Å². The molecule has 1 saturated heterocycles. The number of hydrogen-bond acceptors (Lipinski definition) is 10. The van der Waals surface area contributed by atoms with Crippen LogP contribution >= 0.6 is 0 Å². The van der Waals surface area contributed by atoms with Crippen LogP contribution in [0.2, 0.25) is 0 Å². The van der Waals surface area contributed by atoms with Crippen LogP contribution in [0.25, 0.3) is 0 Å². The van der Waals surface area contributed by atoms with Gasteiger partial charge >= 0.3 is 5.97 Å². The largest absolute Gasteiger partial charge is 0.466 e. The predicted octanol–water partition coefficient (Wildman–Crippen LogP) is 16.0. The van der Waals surface area contributed by atoms with Crippen molar-refractivity contribution in [1.82, 2.24) is 5.32 Å². The number of allylic oxidation sites excluding steroid dienone is 7. The topological polar surface area (TPSA) is 175 Å². The number of rotatable bonds is 57. The third-order valence-corrected chi connectivity index (χ3v) is 15.4. The van der Waals surface area contributed by atoms with Crippen molar-refractivity contribution in [1.29, 1.82) is 0 Å². The van der Waals surface area contributed by atoms with Gasteiger partial charge in [0.2, 0.25) is 5.91 Å². The fraction of sp³-hybridized carbons (Fsp3) is 0.851. The summed E-state index contributed by atoms with van der Waals surface area (Å²) in [5.74, 6) is -0.202. The summed E-state index contributed by atoms with van der Waals surface area (Å²) in [5.41, 5.74) is 0. The van der Waals surface area contributed by atoms with Crippen molar-refractivity contribution in [3.63, 3.8) is 0 Å². The SMILES string of the molecule is CCCCCCCCC/C=C\CCCCCCCCCC(=O)OCCCCCCCCCCC/C=C\C/C=C\CCCCCCCCCC(=O)NC(COC1OC(CO)C(O)C(O)C1O)C(O)/C=C/CCCCCCCCC. The number of unbranched alkanes of at least 4 members (excludes halogenated alkanes) is 37. The van der Waals surface area contributed by atoms with Crippen LogP contribution in [0, 0.1) is 0 Å². The van der Waals surface area contributed by atoms with Crippen LogP contribution in [0.4, 0.5) is 0 Å². The van der Waals surface area contributed by atoms with Crippen LogP contribution in [-0.2, 0) is 23.8 Å². The summed E-state index contributed by atoms with van der Waals surface area (Å²) in [4.78, 5) is 25.1. The van der Waals surface area contributed by atoms with E-state index in [9.17, 15) is 35.1 Å². The molecule has 0 aromatic heterocycles. The van der Waals surface area contributed by atoms with E-state index in [0.29, 0.717) is 19.4 Å². The summed E-state index contributed by atoms with van der Waals surface area (Å²) >= 11 is 0. The van der Waals surface area contributed by atoms with Crippen molar-refractivity contribution in [3.8, 4) is 0 Å². The number of amides is 1. The van der Waals surface area contributed by atoms with Crippen molar-refractivity contribution in [2.45, 2.75) is 346 Å². The van der Waals surface area contributed by atoms with E-state index in [1.165, 1.54) is 193 Å². The summed E-state index contributed by atoms with van der Waals surface area (Å²) in [6.45, 7) is 4.31. The maximum absolute atomic E-state index is 13.0. The average molecular weight is 1100 g/mol. The molecule has 1 aliphatic heterocycles. The number of carbonyl (C=O) groups excluding carboxylic acids is 2. The molecule has 11 heteroatoms. The molecule has 0 aromatic rings. The van der Waals surface area contributed by atoms with Crippen LogP contribution < -0.4 is 5.32 Å². The number of aliphatic hydroxyl groups excluding tert-OH is 5. The zero-order valence-electron chi connectivity index (χ0n) is 50.4. The van der Waals surface area contributed by atoms with E-state index in [1.807, 2.05) is 6.08 Å². The quantitative estimate of drug-likeness (QED) is 0.0195. The molecule has 11 nitrogen and oxygen atoms in total. The number of ether oxygens (including phenoxy) is 3. The summed E-state index contributed by atoms with van der Waals surface area (Å²) < 4.78 is 16.7. The second-order valence-electron chi connectivity index (χ2n) is 22.8. The number of nitrogens with one attached hydrogen (secondary N) is 1. The Morgan fingerprint density at radius 2 is 0.859 bits per heavy atom. The molecule has 0 aromatic carbocycles. The van der Waals surface area contributed by atoms with Crippen LogP contribution in [0.1, 0.15) is 303 Å². The molecular weight excluding hydrogens is 979 g/mol. The number of esters is 1. The number of hydrogen-bond donors (Lipinski definition) is 6. The van der Waals surface area contributed by atoms with Gasteiger partial charge in [-0.1, -0.05) is 249 Å². The highest BCUT2D eigenvalue weighted by atomic mass is 16.7. The van der Waals surface area contributed by atoms with Gasteiger partial charge in [0.05, 0.1) is 32.0 Å². The summed E-state index contributed by atoms with van der Waals surface area (Å²) in [5, 5.41) is 54.2. The van der Waals surface area contributed by atoms with E-state index < -0.39 is 49.5 Å². The minimum absolute atomic E-state index is 0.00788. The van der Waals surface area contributed by atoms with E-state index in [1.54, 1.807) is 6.08 Å². The first-order chi connectivity index (χ1) is 38.2. The van der Waals surface area contributed by atoms with Crippen molar-refractivity contribution in [2.75, 3.05) is 19.8 Å². The van der Waals surface area contributed by atoms with Gasteiger partial charge in [0.15, 0.2) is 6.29 Å². The van der Waals surface area contributed by atoms with Crippen molar-refractivity contribution in [2.24, 2.45) is 0 Å². The van der Waals surface area contributed by atoms with Gasteiger partial charge < -0.3 is 45.1 Å². The maximum atomic E-state index is 13.0. The maximum Gasteiger partial charge on any atom is 0.305 e. The zero-order valence-corrected chi connectivity index (χ0v) is 50.4. The lowest BCUT2D eigenvalue weighted by Gasteiger charge is -2.40. The first kappa shape index (κ1) is 73.6. The third-order valence-electron chi connectivity index (χ3n) is 15.4. The Morgan fingerprint density at radius 3 is 1.31 bits per heavy atom. The Morgan fingerprint density at radius 1 is 0.474 bits per heavy atom. The molecule has 456 valence electrons. The van der Waals surface area contributed by atoms with E-state index in [2.05, 4.69) is 55.6 Å². The molecular formula is C67H123NO10. The van der Waals surface area contributed by atoms with E-state index in [0.717, 1.165) is 83.5 Å². The molecule has 0 aliphatic carbocycles.